The van der Waals surface area contributed by atoms with E-state index in [4.69, 9.17) is 4.74 Å². The van der Waals surface area contributed by atoms with E-state index in [1.807, 2.05) is 32.0 Å². The highest BCUT2D eigenvalue weighted by Crippen LogP contribution is 2.20. The van der Waals surface area contributed by atoms with E-state index in [0.717, 1.165) is 16.9 Å². The Morgan fingerprint density at radius 2 is 1.92 bits per heavy atom. The molecule has 2 aromatic carbocycles. The van der Waals surface area contributed by atoms with Crippen molar-refractivity contribution in [3.05, 3.63) is 65.0 Å². The van der Waals surface area contributed by atoms with Crippen LogP contribution in [0.15, 0.2) is 42.5 Å². The second-order valence-corrected chi connectivity index (χ2v) is 5.68. The van der Waals surface area contributed by atoms with Crippen molar-refractivity contribution in [2.45, 2.75) is 26.5 Å². The number of aliphatic hydroxyl groups excluding tert-OH is 1. The molecule has 2 rings (SSSR count). The van der Waals surface area contributed by atoms with Crippen LogP contribution in [0.1, 0.15) is 29.7 Å². The number of benzene rings is 2. The van der Waals surface area contributed by atoms with E-state index >= 15 is 0 Å². The van der Waals surface area contributed by atoms with E-state index in [1.54, 1.807) is 0 Å². The highest BCUT2D eigenvalue weighted by molar-refractivity contribution is 5.74. The van der Waals surface area contributed by atoms with E-state index in [0.29, 0.717) is 18.7 Å². The average molecular weight is 346 g/mol. The lowest BCUT2D eigenvalue weighted by Gasteiger charge is -2.14. The first kappa shape index (κ1) is 18.7. The quantitative estimate of drug-likeness (QED) is 0.722. The molecule has 3 N–H and O–H groups in total. The Kier molecular flexibility index (Phi) is 6.77. The van der Waals surface area contributed by atoms with E-state index in [9.17, 15) is 14.3 Å². The molecule has 0 aromatic heterocycles. The van der Waals surface area contributed by atoms with Gasteiger partial charge in [0.2, 0.25) is 0 Å². The van der Waals surface area contributed by atoms with Crippen molar-refractivity contribution in [1.82, 2.24) is 10.6 Å². The van der Waals surface area contributed by atoms with Gasteiger partial charge in [-0.05, 0) is 43.2 Å². The summed E-state index contributed by atoms with van der Waals surface area (Å²) in [6.07, 6.45) is -0.898. The van der Waals surface area contributed by atoms with Gasteiger partial charge < -0.3 is 20.5 Å². The van der Waals surface area contributed by atoms with Crippen molar-refractivity contribution in [3.63, 3.8) is 0 Å². The second-order valence-electron chi connectivity index (χ2n) is 5.68. The molecule has 0 saturated carbocycles. The molecule has 1 unspecified atom stereocenters. The molecular formula is C19H23FN2O3. The van der Waals surface area contributed by atoms with Crippen LogP contribution in [0.25, 0.3) is 0 Å². The van der Waals surface area contributed by atoms with E-state index in [1.165, 1.54) is 24.3 Å². The van der Waals surface area contributed by atoms with Crippen LogP contribution in [0.5, 0.6) is 5.75 Å². The normalized spacial score (nSPS) is 11.7. The zero-order valence-corrected chi connectivity index (χ0v) is 14.4. The SMILES string of the molecule is CCOc1cc(C)ccc1CNC(=O)NCC(O)c1ccc(F)cc1. The molecule has 6 heteroatoms. The summed E-state index contributed by atoms with van der Waals surface area (Å²) in [5.41, 5.74) is 2.50. The van der Waals surface area contributed by atoms with Gasteiger partial charge in [0, 0.05) is 18.7 Å². The molecule has 5 nitrogen and oxygen atoms in total. The van der Waals surface area contributed by atoms with E-state index in [2.05, 4.69) is 10.6 Å². The van der Waals surface area contributed by atoms with Crippen molar-refractivity contribution in [1.29, 1.82) is 0 Å². The Bertz CT molecular complexity index is 704. The summed E-state index contributed by atoms with van der Waals surface area (Å²) in [5.74, 6) is 0.374. The van der Waals surface area contributed by atoms with Crippen LogP contribution >= 0.6 is 0 Å². The number of carbonyl (C=O) groups is 1. The van der Waals surface area contributed by atoms with Gasteiger partial charge in [0.05, 0.1) is 12.7 Å². The van der Waals surface area contributed by atoms with Crippen LogP contribution in [-0.2, 0) is 6.54 Å². The zero-order chi connectivity index (χ0) is 18.2. The van der Waals surface area contributed by atoms with Gasteiger partial charge in [0.1, 0.15) is 11.6 Å². The number of halogens is 1. The third-order valence-corrected chi connectivity index (χ3v) is 3.67. The number of urea groups is 1. The Hall–Kier alpha value is -2.60. The molecule has 0 saturated heterocycles. The smallest absolute Gasteiger partial charge is 0.315 e. The molecule has 2 aromatic rings. The Morgan fingerprint density at radius 3 is 2.60 bits per heavy atom. The summed E-state index contributed by atoms with van der Waals surface area (Å²) in [4.78, 5) is 11.9. The zero-order valence-electron chi connectivity index (χ0n) is 14.4. The van der Waals surface area contributed by atoms with Crippen LogP contribution in [0, 0.1) is 12.7 Å². The molecule has 0 radical (unpaired) electrons. The predicted octanol–water partition coefficient (Wildman–Crippen LogP) is 3.07. The summed E-state index contributed by atoms with van der Waals surface area (Å²) in [5, 5.41) is 15.3. The largest absolute Gasteiger partial charge is 0.494 e. The van der Waals surface area contributed by atoms with Gasteiger partial charge in [-0.3, -0.25) is 0 Å². The molecule has 1 atom stereocenters. The Labute approximate surface area is 146 Å². The summed E-state index contributed by atoms with van der Waals surface area (Å²) in [6.45, 7) is 4.77. The monoisotopic (exact) mass is 346 g/mol. The van der Waals surface area contributed by atoms with E-state index < -0.39 is 12.1 Å². The van der Waals surface area contributed by atoms with Crippen molar-refractivity contribution in [3.8, 4) is 5.75 Å². The first-order valence-electron chi connectivity index (χ1n) is 8.17. The lowest BCUT2D eigenvalue weighted by molar-refractivity contribution is 0.173. The topological polar surface area (TPSA) is 70.6 Å². The number of carbonyl (C=O) groups excluding carboxylic acids is 1. The van der Waals surface area contributed by atoms with Crippen LogP contribution in [-0.4, -0.2) is 24.3 Å². The maximum Gasteiger partial charge on any atom is 0.315 e. The highest BCUT2D eigenvalue weighted by Gasteiger charge is 2.10. The number of rotatable bonds is 7. The van der Waals surface area contributed by atoms with Crippen molar-refractivity contribution < 1.29 is 19.0 Å². The molecular weight excluding hydrogens is 323 g/mol. The minimum Gasteiger partial charge on any atom is -0.494 e. The summed E-state index contributed by atoms with van der Waals surface area (Å²) in [6, 6.07) is 10.9. The van der Waals surface area contributed by atoms with Crippen molar-refractivity contribution >= 4 is 6.03 Å². The number of amides is 2. The third kappa shape index (κ3) is 5.76. The predicted molar refractivity (Wildman–Crippen MR) is 93.9 cm³/mol. The fraction of sp³-hybridized carbons (Fsp3) is 0.316. The molecule has 0 heterocycles. The number of aryl methyl sites for hydroxylation is 1. The fourth-order valence-electron chi connectivity index (χ4n) is 2.33. The van der Waals surface area contributed by atoms with Gasteiger partial charge in [-0.2, -0.15) is 0 Å². The molecule has 0 aliphatic carbocycles. The maximum absolute atomic E-state index is 12.9. The van der Waals surface area contributed by atoms with Gasteiger partial charge in [0.15, 0.2) is 0 Å². The lowest BCUT2D eigenvalue weighted by atomic mass is 10.1. The third-order valence-electron chi connectivity index (χ3n) is 3.67. The Balaban J connectivity index is 1.83. The minimum absolute atomic E-state index is 0.0314. The fourth-order valence-corrected chi connectivity index (χ4v) is 2.33. The number of hydrogen-bond donors (Lipinski definition) is 3. The number of hydrogen-bond acceptors (Lipinski definition) is 3. The second kappa shape index (κ2) is 9.03. The molecule has 25 heavy (non-hydrogen) atoms. The average Bonchev–Trinajstić information content (AvgIpc) is 2.60. The molecule has 0 aliphatic heterocycles. The number of ether oxygens (including phenoxy) is 1. The highest BCUT2D eigenvalue weighted by atomic mass is 19.1. The van der Waals surface area contributed by atoms with E-state index in [-0.39, 0.29) is 12.4 Å². The first-order chi connectivity index (χ1) is 12.0. The van der Waals surface area contributed by atoms with Crippen LogP contribution in [0.4, 0.5) is 9.18 Å². The molecule has 0 bridgehead atoms. The molecule has 0 fully saturated rings. The van der Waals surface area contributed by atoms with Gasteiger partial charge in [-0.25, -0.2) is 9.18 Å². The van der Waals surface area contributed by atoms with Gasteiger partial charge >= 0.3 is 6.03 Å². The molecule has 0 spiro atoms. The Morgan fingerprint density at radius 1 is 1.20 bits per heavy atom. The van der Waals surface area contributed by atoms with Crippen LogP contribution in [0.3, 0.4) is 0 Å². The summed E-state index contributed by atoms with van der Waals surface area (Å²) >= 11 is 0. The summed E-state index contributed by atoms with van der Waals surface area (Å²) < 4.78 is 18.4. The first-order valence-corrected chi connectivity index (χ1v) is 8.17. The minimum atomic E-state index is -0.898. The molecule has 134 valence electrons. The lowest BCUT2D eigenvalue weighted by Crippen LogP contribution is -2.37. The van der Waals surface area contributed by atoms with Crippen molar-refractivity contribution in [2.75, 3.05) is 13.2 Å². The molecule has 2 amide bonds. The number of nitrogens with one attached hydrogen (secondary N) is 2. The van der Waals surface area contributed by atoms with Gasteiger partial charge in [-0.1, -0.05) is 24.3 Å². The van der Waals surface area contributed by atoms with Crippen LogP contribution in [0.2, 0.25) is 0 Å². The summed E-state index contributed by atoms with van der Waals surface area (Å²) in [7, 11) is 0. The van der Waals surface area contributed by atoms with Crippen molar-refractivity contribution in [2.24, 2.45) is 0 Å². The maximum atomic E-state index is 12.9. The van der Waals surface area contributed by atoms with Gasteiger partial charge in [-0.15, -0.1) is 0 Å². The van der Waals surface area contributed by atoms with Crippen LogP contribution < -0.4 is 15.4 Å². The van der Waals surface area contributed by atoms with Gasteiger partial charge in [0.25, 0.3) is 0 Å². The standard InChI is InChI=1S/C19H23FN2O3/c1-3-25-18-10-13(2)4-5-15(18)11-21-19(24)22-12-17(23)14-6-8-16(20)9-7-14/h4-10,17,23H,3,11-12H2,1-2H3,(H2,21,22,24). The number of aliphatic hydroxyl groups is 1. The molecule has 0 aliphatic rings.